The number of rotatable bonds is 2. The Hall–Kier alpha value is -1.88. The van der Waals surface area contributed by atoms with E-state index in [9.17, 15) is 0 Å². The molecule has 1 atom stereocenters. The molecule has 1 aromatic heterocycles. The Balaban J connectivity index is 1.80. The average Bonchev–Trinajstić information content (AvgIpc) is 2.86. The van der Waals surface area contributed by atoms with E-state index in [2.05, 4.69) is 43.9 Å². The van der Waals surface area contributed by atoms with Gasteiger partial charge in [0, 0.05) is 24.8 Å². The monoisotopic (exact) mass is 243 g/mol. The molecule has 0 amide bonds. The molecule has 5 nitrogen and oxygen atoms in total. The molecular formula is C13H17N5. The second-order valence-corrected chi connectivity index (χ2v) is 4.74. The van der Waals surface area contributed by atoms with Crippen molar-refractivity contribution in [2.45, 2.75) is 26.1 Å². The van der Waals surface area contributed by atoms with Gasteiger partial charge in [0.15, 0.2) is 5.82 Å². The Morgan fingerprint density at radius 3 is 2.72 bits per heavy atom. The summed E-state index contributed by atoms with van der Waals surface area (Å²) < 4.78 is 2.10. The molecule has 94 valence electrons. The minimum Gasteiger partial charge on any atom is -0.362 e. The molecule has 18 heavy (non-hydrogen) atoms. The predicted octanol–water partition coefficient (Wildman–Crippen LogP) is 1.32. The number of nitrogens with zero attached hydrogens (tertiary/aromatic N) is 4. The highest BCUT2D eigenvalue weighted by molar-refractivity contribution is 5.48. The van der Waals surface area contributed by atoms with Crippen molar-refractivity contribution in [1.29, 1.82) is 0 Å². The normalized spacial score (nSPS) is 16.4. The maximum atomic E-state index is 5.86. The minimum absolute atomic E-state index is 0.0866. The molecule has 2 N–H and O–H groups in total. The van der Waals surface area contributed by atoms with E-state index in [1.165, 1.54) is 11.3 Å². The van der Waals surface area contributed by atoms with E-state index >= 15 is 0 Å². The lowest BCUT2D eigenvalue weighted by Gasteiger charge is -2.29. The summed E-state index contributed by atoms with van der Waals surface area (Å²) in [6, 6.07) is 8.54. The van der Waals surface area contributed by atoms with Gasteiger partial charge in [-0.1, -0.05) is 12.1 Å². The largest absolute Gasteiger partial charge is 0.362 e. The van der Waals surface area contributed by atoms with Crippen molar-refractivity contribution in [3.05, 3.63) is 42.0 Å². The molecule has 0 spiro atoms. The van der Waals surface area contributed by atoms with Crippen LogP contribution in [0, 0.1) is 0 Å². The third-order valence-corrected chi connectivity index (χ3v) is 3.42. The van der Waals surface area contributed by atoms with Crippen LogP contribution in [0.5, 0.6) is 0 Å². The number of aromatic nitrogens is 3. The summed E-state index contributed by atoms with van der Waals surface area (Å²) in [6.45, 7) is 4.75. The van der Waals surface area contributed by atoms with Gasteiger partial charge >= 0.3 is 0 Å². The highest BCUT2D eigenvalue weighted by Gasteiger charge is 2.17. The molecule has 0 aliphatic carbocycles. The van der Waals surface area contributed by atoms with Crippen molar-refractivity contribution < 1.29 is 0 Å². The maximum absolute atomic E-state index is 5.86. The molecule has 3 rings (SSSR count). The Kier molecular flexibility index (Phi) is 2.76. The Morgan fingerprint density at radius 1 is 1.22 bits per heavy atom. The van der Waals surface area contributed by atoms with Crippen molar-refractivity contribution in [3.63, 3.8) is 0 Å². The summed E-state index contributed by atoms with van der Waals surface area (Å²) >= 11 is 0. The molecule has 1 aliphatic rings. The zero-order chi connectivity index (χ0) is 12.5. The molecule has 0 saturated heterocycles. The van der Waals surface area contributed by atoms with Gasteiger partial charge in [-0.3, -0.25) is 0 Å². The van der Waals surface area contributed by atoms with E-state index < -0.39 is 0 Å². The van der Waals surface area contributed by atoms with Crippen LogP contribution in [-0.2, 0) is 13.1 Å². The van der Waals surface area contributed by atoms with Gasteiger partial charge in [-0.25, -0.2) is 0 Å². The fraction of sp³-hybridized carbons (Fsp3) is 0.385. The van der Waals surface area contributed by atoms with Crippen LogP contribution in [0.3, 0.4) is 0 Å². The fourth-order valence-electron chi connectivity index (χ4n) is 2.28. The first kappa shape index (κ1) is 11.2. The topological polar surface area (TPSA) is 60.0 Å². The zero-order valence-electron chi connectivity index (χ0n) is 10.5. The second-order valence-electron chi connectivity index (χ2n) is 4.74. The van der Waals surface area contributed by atoms with Crippen LogP contribution >= 0.6 is 0 Å². The number of hydrogen-bond acceptors (Lipinski definition) is 4. The van der Waals surface area contributed by atoms with Gasteiger partial charge in [-0.2, -0.15) is 0 Å². The van der Waals surface area contributed by atoms with Crippen molar-refractivity contribution >= 4 is 5.69 Å². The van der Waals surface area contributed by atoms with Crippen molar-refractivity contribution in [2.24, 2.45) is 5.73 Å². The van der Waals surface area contributed by atoms with Crippen LogP contribution in [0.1, 0.15) is 24.4 Å². The molecule has 1 unspecified atom stereocenters. The number of benzene rings is 1. The predicted molar refractivity (Wildman–Crippen MR) is 70.1 cm³/mol. The smallest absolute Gasteiger partial charge is 0.152 e. The number of nitrogens with two attached hydrogens (primary N) is 1. The standard InChI is InChI=1S/C13H17N5/c1-10(14)11-2-4-12(5-3-11)17-6-7-18-9-15-16-13(18)8-17/h2-5,9-10H,6-8,14H2,1H3. The van der Waals surface area contributed by atoms with Gasteiger partial charge in [0.05, 0.1) is 6.54 Å². The molecule has 2 heterocycles. The number of fused-ring (bicyclic) bond motifs is 1. The first-order valence-corrected chi connectivity index (χ1v) is 6.21. The van der Waals surface area contributed by atoms with Gasteiger partial charge in [0.2, 0.25) is 0 Å². The number of hydrogen-bond donors (Lipinski definition) is 1. The van der Waals surface area contributed by atoms with Gasteiger partial charge in [-0.15, -0.1) is 10.2 Å². The van der Waals surface area contributed by atoms with Crippen LogP contribution in [0.4, 0.5) is 5.69 Å². The fourth-order valence-corrected chi connectivity index (χ4v) is 2.28. The van der Waals surface area contributed by atoms with E-state index in [0.29, 0.717) is 0 Å². The summed E-state index contributed by atoms with van der Waals surface area (Å²) in [5, 5.41) is 8.07. The third-order valence-electron chi connectivity index (χ3n) is 3.42. The maximum Gasteiger partial charge on any atom is 0.152 e. The first-order chi connectivity index (χ1) is 8.74. The highest BCUT2D eigenvalue weighted by Crippen LogP contribution is 2.21. The summed E-state index contributed by atoms with van der Waals surface area (Å²) in [5.41, 5.74) is 8.24. The lowest BCUT2D eigenvalue weighted by Crippen LogP contribution is -2.33. The second kappa shape index (κ2) is 4.42. The average molecular weight is 243 g/mol. The van der Waals surface area contributed by atoms with Gasteiger partial charge in [0.25, 0.3) is 0 Å². The van der Waals surface area contributed by atoms with Crippen LogP contribution < -0.4 is 10.6 Å². The third kappa shape index (κ3) is 1.97. The van der Waals surface area contributed by atoms with Crippen molar-refractivity contribution in [3.8, 4) is 0 Å². The van der Waals surface area contributed by atoms with Crippen LogP contribution in [0.15, 0.2) is 30.6 Å². The van der Waals surface area contributed by atoms with Crippen LogP contribution in [0.2, 0.25) is 0 Å². The summed E-state index contributed by atoms with van der Waals surface area (Å²) in [6.07, 6.45) is 1.80. The molecule has 0 bridgehead atoms. The Labute approximate surface area is 106 Å². The molecule has 0 radical (unpaired) electrons. The molecule has 1 aliphatic heterocycles. The first-order valence-electron chi connectivity index (χ1n) is 6.21. The number of anilines is 1. The van der Waals surface area contributed by atoms with Gasteiger partial charge < -0.3 is 15.2 Å². The summed E-state index contributed by atoms with van der Waals surface area (Å²) in [7, 11) is 0. The Morgan fingerprint density at radius 2 is 2.00 bits per heavy atom. The summed E-state index contributed by atoms with van der Waals surface area (Å²) in [5.74, 6) is 1.03. The molecule has 2 aromatic rings. The molecule has 1 aromatic carbocycles. The van der Waals surface area contributed by atoms with Gasteiger partial charge in [0.1, 0.15) is 6.33 Å². The Bertz CT molecular complexity index is 529. The minimum atomic E-state index is 0.0866. The SMILES string of the molecule is CC(N)c1ccc(N2CCn3cnnc3C2)cc1. The van der Waals surface area contributed by atoms with Crippen molar-refractivity contribution in [1.82, 2.24) is 14.8 Å². The zero-order valence-corrected chi connectivity index (χ0v) is 10.5. The molecule has 0 saturated carbocycles. The molecular weight excluding hydrogens is 226 g/mol. The van der Waals surface area contributed by atoms with Crippen LogP contribution in [-0.4, -0.2) is 21.3 Å². The van der Waals surface area contributed by atoms with Crippen LogP contribution in [0.25, 0.3) is 0 Å². The molecule has 5 heteroatoms. The lowest BCUT2D eigenvalue weighted by atomic mass is 10.1. The van der Waals surface area contributed by atoms with E-state index in [-0.39, 0.29) is 6.04 Å². The highest BCUT2D eigenvalue weighted by atomic mass is 15.3. The quantitative estimate of drug-likeness (QED) is 0.864. The lowest BCUT2D eigenvalue weighted by molar-refractivity contribution is 0.560. The van der Waals surface area contributed by atoms with Crippen molar-refractivity contribution in [2.75, 3.05) is 11.4 Å². The van der Waals surface area contributed by atoms with E-state index in [0.717, 1.165) is 25.5 Å². The van der Waals surface area contributed by atoms with E-state index in [1.807, 2.05) is 6.92 Å². The van der Waals surface area contributed by atoms with E-state index in [1.54, 1.807) is 6.33 Å². The summed E-state index contributed by atoms with van der Waals surface area (Å²) in [4.78, 5) is 2.31. The van der Waals surface area contributed by atoms with Gasteiger partial charge in [-0.05, 0) is 24.6 Å². The van der Waals surface area contributed by atoms with E-state index in [4.69, 9.17) is 5.73 Å². The molecule has 0 fully saturated rings.